The summed E-state index contributed by atoms with van der Waals surface area (Å²) in [6.07, 6.45) is 0.104. The minimum absolute atomic E-state index is 0.104. The van der Waals surface area contributed by atoms with Gasteiger partial charge in [0.1, 0.15) is 11.5 Å². The number of hydrazone groups is 1. The summed E-state index contributed by atoms with van der Waals surface area (Å²) < 4.78 is 10.4. The highest BCUT2D eigenvalue weighted by Crippen LogP contribution is 2.16. The van der Waals surface area contributed by atoms with Crippen molar-refractivity contribution >= 4 is 17.5 Å². The first-order valence-electron chi connectivity index (χ1n) is 8.46. The van der Waals surface area contributed by atoms with E-state index in [2.05, 4.69) is 15.8 Å². The van der Waals surface area contributed by atoms with Crippen molar-refractivity contribution in [2.75, 3.05) is 13.7 Å². The zero-order valence-corrected chi connectivity index (χ0v) is 15.4. The Morgan fingerprint density at radius 3 is 2.30 bits per heavy atom. The lowest BCUT2D eigenvalue weighted by Gasteiger charge is -2.07. The van der Waals surface area contributed by atoms with Crippen LogP contribution in [0.15, 0.2) is 59.7 Å². The number of nitrogens with one attached hydrogen (secondary N) is 2. The Morgan fingerprint density at radius 1 is 0.963 bits per heavy atom. The van der Waals surface area contributed by atoms with Crippen LogP contribution in [-0.4, -0.2) is 31.2 Å². The smallest absolute Gasteiger partial charge is 0.277 e. The van der Waals surface area contributed by atoms with Crippen LogP contribution in [0.2, 0.25) is 0 Å². The van der Waals surface area contributed by atoms with Gasteiger partial charge in [-0.25, -0.2) is 5.43 Å². The second kappa shape index (κ2) is 10.6. The van der Waals surface area contributed by atoms with E-state index in [0.717, 1.165) is 5.56 Å². The van der Waals surface area contributed by atoms with Crippen molar-refractivity contribution in [3.8, 4) is 11.5 Å². The van der Waals surface area contributed by atoms with Gasteiger partial charge in [-0.05, 0) is 36.8 Å². The first-order chi connectivity index (χ1) is 13.1. The summed E-state index contributed by atoms with van der Waals surface area (Å²) in [5, 5.41) is 6.72. The van der Waals surface area contributed by atoms with Crippen LogP contribution < -0.4 is 20.2 Å². The number of benzene rings is 2. The lowest BCUT2D eigenvalue weighted by molar-refractivity contribution is -0.123. The molecule has 0 atom stereocenters. The van der Waals surface area contributed by atoms with Gasteiger partial charge < -0.3 is 14.8 Å². The highest BCUT2D eigenvalue weighted by atomic mass is 16.5. The molecule has 0 saturated heterocycles. The summed E-state index contributed by atoms with van der Waals surface area (Å²) in [5.74, 6) is 0.684. The molecule has 7 nitrogen and oxygen atoms in total. The molecule has 7 heteroatoms. The molecule has 0 aliphatic rings. The Kier molecular flexibility index (Phi) is 7.84. The van der Waals surface area contributed by atoms with Crippen molar-refractivity contribution in [2.45, 2.75) is 19.9 Å². The van der Waals surface area contributed by atoms with E-state index >= 15 is 0 Å². The number of nitrogens with zero attached hydrogens (tertiary/aromatic N) is 1. The van der Waals surface area contributed by atoms with Gasteiger partial charge in [-0.2, -0.15) is 5.10 Å². The van der Waals surface area contributed by atoms with E-state index in [-0.39, 0.29) is 18.9 Å². The van der Waals surface area contributed by atoms with Crippen LogP contribution in [0.25, 0.3) is 0 Å². The van der Waals surface area contributed by atoms with E-state index in [1.165, 1.54) is 0 Å². The fourth-order valence-corrected chi connectivity index (χ4v) is 2.14. The minimum Gasteiger partial charge on any atom is -0.497 e. The normalized spacial score (nSPS) is 10.8. The number of rotatable bonds is 9. The third-order valence-electron chi connectivity index (χ3n) is 3.55. The molecule has 2 aromatic rings. The van der Waals surface area contributed by atoms with Crippen LogP contribution in [0.4, 0.5) is 0 Å². The molecule has 0 bridgehead atoms. The average Bonchev–Trinajstić information content (AvgIpc) is 2.70. The van der Waals surface area contributed by atoms with Gasteiger partial charge in [0.2, 0.25) is 5.91 Å². The molecule has 0 aliphatic heterocycles. The van der Waals surface area contributed by atoms with E-state index in [1.54, 1.807) is 38.3 Å². The summed E-state index contributed by atoms with van der Waals surface area (Å²) in [6.45, 7) is 1.95. The lowest BCUT2D eigenvalue weighted by Crippen LogP contribution is -2.28. The van der Waals surface area contributed by atoms with Crippen LogP contribution in [-0.2, 0) is 16.1 Å². The van der Waals surface area contributed by atoms with Gasteiger partial charge >= 0.3 is 0 Å². The molecule has 2 rings (SSSR count). The van der Waals surface area contributed by atoms with Crippen molar-refractivity contribution < 1.29 is 19.1 Å². The number of carbonyl (C=O) groups excluding carboxylic acids is 2. The molecule has 0 unspecified atom stereocenters. The summed E-state index contributed by atoms with van der Waals surface area (Å²) in [6, 6.07) is 16.5. The average molecular weight is 369 g/mol. The zero-order valence-electron chi connectivity index (χ0n) is 15.4. The zero-order chi connectivity index (χ0) is 19.5. The van der Waals surface area contributed by atoms with Crippen LogP contribution >= 0.6 is 0 Å². The largest absolute Gasteiger partial charge is 0.497 e. The molecule has 27 heavy (non-hydrogen) atoms. The fraction of sp³-hybridized carbons (Fsp3) is 0.250. The second-order valence-corrected chi connectivity index (χ2v) is 5.79. The maximum Gasteiger partial charge on any atom is 0.277 e. The third kappa shape index (κ3) is 7.60. The highest BCUT2D eigenvalue weighted by molar-refractivity contribution is 6.00. The predicted octanol–water partition coefficient (Wildman–Crippen LogP) is 2.27. The third-order valence-corrected chi connectivity index (χ3v) is 3.55. The molecule has 2 N–H and O–H groups in total. The van der Waals surface area contributed by atoms with Crippen LogP contribution in [0, 0.1) is 0 Å². The van der Waals surface area contributed by atoms with E-state index < -0.39 is 5.91 Å². The predicted molar refractivity (Wildman–Crippen MR) is 103 cm³/mol. The molecule has 2 amide bonds. The fourth-order valence-electron chi connectivity index (χ4n) is 2.14. The second-order valence-electron chi connectivity index (χ2n) is 5.79. The van der Waals surface area contributed by atoms with Crippen molar-refractivity contribution in [1.29, 1.82) is 0 Å². The molecule has 0 aromatic heterocycles. The van der Waals surface area contributed by atoms with Crippen molar-refractivity contribution in [1.82, 2.24) is 10.7 Å². The van der Waals surface area contributed by atoms with Gasteiger partial charge in [-0.1, -0.05) is 30.3 Å². The number of amides is 2. The number of hydrogen-bond donors (Lipinski definition) is 2. The van der Waals surface area contributed by atoms with E-state index in [4.69, 9.17) is 9.47 Å². The number of methoxy groups -OCH3 is 1. The maximum absolute atomic E-state index is 11.9. The van der Waals surface area contributed by atoms with E-state index in [1.807, 2.05) is 30.3 Å². The Balaban J connectivity index is 1.68. The van der Waals surface area contributed by atoms with Gasteiger partial charge in [0.15, 0.2) is 6.61 Å². The molecular formula is C20H23N3O4. The molecule has 0 heterocycles. The Morgan fingerprint density at radius 2 is 1.63 bits per heavy atom. The number of carbonyl (C=O) groups is 2. The Labute approximate surface area is 158 Å². The first-order valence-corrected chi connectivity index (χ1v) is 8.46. The van der Waals surface area contributed by atoms with E-state index in [0.29, 0.717) is 23.8 Å². The highest BCUT2D eigenvalue weighted by Gasteiger charge is 2.06. The number of ether oxygens (including phenoxy) is 2. The van der Waals surface area contributed by atoms with Crippen molar-refractivity contribution in [3.05, 3.63) is 60.2 Å². The number of hydrogen-bond acceptors (Lipinski definition) is 5. The van der Waals surface area contributed by atoms with Crippen LogP contribution in [0.3, 0.4) is 0 Å². The first kappa shape index (κ1) is 20.0. The SMILES string of the molecule is COc1ccc(OCC(=O)N/N=C(/C)CC(=O)NCc2ccccc2)cc1. The minimum atomic E-state index is -0.408. The molecule has 0 fully saturated rings. The van der Waals surface area contributed by atoms with Crippen molar-refractivity contribution in [2.24, 2.45) is 5.10 Å². The van der Waals surface area contributed by atoms with Crippen LogP contribution in [0.1, 0.15) is 18.9 Å². The van der Waals surface area contributed by atoms with Crippen LogP contribution in [0.5, 0.6) is 11.5 Å². The summed E-state index contributed by atoms with van der Waals surface area (Å²) in [5.41, 5.74) is 3.89. The van der Waals surface area contributed by atoms with Gasteiger partial charge in [0, 0.05) is 12.3 Å². The lowest BCUT2D eigenvalue weighted by atomic mass is 10.2. The molecule has 2 aromatic carbocycles. The maximum atomic E-state index is 11.9. The molecule has 0 radical (unpaired) electrons. The quantitative estimate of drug-likeness (QED) is 0.524. The molecule has 142 valence electrons. The standard InChI is InChI=1S/C20H23N3O4/c1-15(12-19(24)21-13-16-6-4-3-5-7-16)22-23-20(25)14-27-18-10-8-17(26-2)9-11-18/h3-11H,12-14H2,1-2H3,(H,21,24)(H,23,25)/b22-15-. The Bertz CT molecular complexity index is 774. The molecule has 0 saturated carbocycles. The van der Waals surface area contributed by atoms with Crippen molar-refractivity contribution in [3.63, 3.8) is 0 Å². The molecule has 0 aliphatic carbocycles. The Hall–Kier alpha value is -3.35. The molecular weight excluding hydrogens is 346 g/mol. The van der Waals surface area contributed by atoms with E-state index in [9.17, 15) is 9.59 Å². The summed E-state index contributed by atoms with van der Waals surface area (Å²) >= 11 is 0. The summed E-state index contributed by atoms with van der Waals surface area (Å²) in [4.78, 5) is 23.7. The monoisotopic (exact) mass is 369 g/mol. The van der Waals surface area contributed by atoms with Gasteiger partial charge in [-0.3, -0.25) is 9.59 Å². The van der Waals surface area contributed by atoms with Gasteiger partial charge in [0.25, 0.3) is 5.91 Å². The summed E-state index contributed by atoms with van der Waals surface area (Å²) in [7, 11) is 1.57. The van der Waals surface area contributed by atoms with Gasteiger partial charge in [0.05, 0.1) is 13.5 Å². The molecule has 0 spiro atoms. The topological polar surface area (TPSA) is 89.0 Å². The van der Waals surface area contributed by atoms with Gasteiger partial charge in [-0.15, -0.1) is 0 Å².